The number of piperidine rings is 2. The van der Waals surface area contributed by atoms with Gasteiger partial charge in [0.25, 0.3) is 0 Å². The van der Waals surface area contributed by atoms with Gasteiger partial charge in [0.1, 0.15) is 11.4 Å². The number of carbonyl (C=O) groups excluding carboxylic acids is 2. The number of ketones is 1. The van der Waals surface area contributed by atoms with E-state index < -0.39 is 5.60 Å². The van der Waals surface area contributed by atoms with E-state index in [0.717, 1.165) is 38.9 Å². The van der Waals surface area contributed by atoms with Crippen LogP contribution in [-0.4, -0.2) is 71.7 Å². The topological polar surface area (TPSA) is 70.1 Å². The highest BCUT2D eigenvalue weighted by atomic mass is 16.6. The molecule has 0 aromatic carbocycles. The molecule has 2 rings (SSSR count). The molecule has 0 radical (unpaired) electrons. The van der Waals surface area contributed by atoms with Crippen LogP contribution in [0.25, 0.3) is 0 Å². The van der Waals surface area contributed by atoms with E-state index in [4.69, 9.17) is 9.84 Å². The molecule has 0 saturated carbocycles. The first-order valence-corrected chi connectivity index (χ1v) is 8.65. The maximum absolute atomic E-state index is 12.3. The van der Waals surface area contributed by atoms with Crippen LogP contribution in [0.4, 0.5) is 4.79 Å². The summed E-state index contributed by atoms with van der Waals surface area (Å²) in [7, 11) is 0. The molecule has 132 valence electrons. The van der Waals surface area contributed by atoms with Crippen LogP contribution in [0.2, 0.25) is 0 Å². The van der Waals surface area contributed by atoms with Crippen molar-refractivity contribution in [1.82, 2.24) is 9.80 Å². The van der Waals surface area contributed by atoms with Crippen molar-refractivity contribution in [2.45, 2.75) is 45.6 Å². The Balaban J connectivity index is 1.87. The molecule has 1 N–H and O–H groups in total. The Morgan fingerprint density at radius 1 is 1.13 bits per heavy atom. The van der Waals surface area contributed by atoms with E-state index >= 15 is 0 Å². The van der Waals surface area contributed by atoms with Crippen LogP contribution in [0.15, 0.2) is 0 Å². The maximum Gasteiger partial charge on any atom is 0.410 e. The molecule has 2 atom stereocenters. The van der Waals surface area contributed by atoms with E-state index in [2.05, 4.69) is 4.90 Å². The Kier molecular flexibility index (Phi) is 6.03. The zero-order valence-electron chi connectivity index (χ0n) is 14.6. The summed E-state index contributed by atoms with van der Waals surface area (Å²) < 4.78 is 5.43. The van der Waals surface area contributed by atoms with E-state index in [9.17, 15) is 9.59 Å². The lowest BCUT2D eigenvalue weighted by Gasteiger charge is -2.44. The molecule has 2 aliphatic heterocycles. The fourth-order valence-electron chi connectivity index (χ4n) is 3.40. The number of ether oxygens (including phenoxy) is 1. The first-order valence-electron chi connectivity index (χ1n) is 8.65. The Hall–Kier alpha value is -1.14. The number of unbranched alkanes of at least 4 members (excludes halogenated alkanes) is 2. The van der Waals surface area contributed by atoms with Crippen LogP contribution in [0.3, 0.4) is 0 Å². The summed E-state index contributed by atoms with van der Waals surface area (Å²) in [6.07, 6.45) is 2.59. The van der Waals surface area contributed by atoms with Crippen molar-refractivity contribution in [2.75, 3.05) is 39.3 Å². The third kappa shape index (κ3) is 5.18. The molecular weight excluding hydrogens is 296 g/mol. The first kappa shape index (κ1) is 18.2. The van der Waals surface area contributed by atoms with Crippen molar-refractivity contribution in [2.24, 2.45) is 11.8 Å². The molecule has 1 amide bonds. The van der Waals surface area contributed by atoms with Crippen LogP contribution in [-0.2, 0) is 9.53 Å². The Bertz CT molecular complexity index is 415. The summed E-state index contributed by atoms with van der Waals surface area (Å²) in [6, 6.07) is 0. The first-order chi connectivity index (χ1) is 10.8. The molecule has 6 heteroatoms. The minimum absolute atomic E-state index is 0.0899. The van der Waals surface area contributed by atoms with Gasteiger partial charge in [-0.25, -0.2) is 4.79 Å². The predicted octanol–water partition coefficient (Wildman–Crippen LogP) is 1.52. The summed E-state index contributed by atoms with van der Waals surface area (Å²) in [4.78, 5) is 28.6. The smallest absolute Gasteiger partial charge is 0.410 e. The van der Waals surface area contributed by atoms with Gasteiger partial charge in [-0.15, -0.1) is 0 Å². The number of nitrogens with zero attached hydrogens (tertiary/aromatic N) is 2. The van der Waals surface area contributed by atoms with Crippen LogP contribution in [0.5, 0.6) is 0 Å². The molecule has 2 aliphatic rings. The van der Waals surface area contributed by atoms with Crippen molar-refractivity contribution in [3.63, 3.8) is 0 Å². The van der Waals surface area contributed by atoms with E-state index in [1.54, 1.807) is 4.90 Å². The molecule has 2 heterocycles. The Morgan fingerprint density at radius 3 is 2.26 bits per heavy atom. The number of likely N-dealkylation sites (tertiary alicyclic amines) is 2. The van der Waals surface area contributed by atoms with Gasteiger partial charge in [0.05, 0.1) is 0 Å². The molecule has 0 aliphatic carbocycles. The molecule has 2 saturated heterocycles. The second-order valence-electron chi connectivity index (χ2n) is 7.73. The lowest BCUT2D eigenvalue weighted by Crippen LogP contribution is -2.59. The second kappa shape index (κ2) is 7.62. The number of aliphatic hydroxyl groups excluding tert-OH is 1. The number of hydrogen-bond acceptors (Lipinski definition) is 5. The quantitative estimate of drug-likeness (QED) is 0.776. The minimum atomic E-state index is -0.508. The fourth-order valence-corrected chi connectivity index (χ4v) is 3.40. The number of hydrogen-bond donors (Lipinski definition) is 1. The number of rotatable bonds is 5. The number of amides is 1. The standard InChI is InChI=1S/C17H30N2O4/c1-17(2,3)23-16(22)19-11-13-9-18(7-5-4-6-8-20)10-14(12-19)15(13)21/h13-14,20H,4-12H2,1-3H3. The summed E-state index contributed by atoms with van der Waals surface area (Å²) in [5, 5.41) is 8.82. The zero-order chi connectivity index (χ0) is 17.0. The number of aliphatic hydroxyl groups is 1. The third-order valence-electron chi connectivity index (χ3n) is 4.43. The van der Waals surface area contributed by atoms with Gasteiger partial charge < -0.3 is 19.6 Å². The molecule has 2 fully saturated rings. The molecule has 23 heavy (non-hydrogen) atoms. The number of fused-ring (bicyclic) bond motifs is 2. The van der Waals surface area contributed by atoms with Crippen molar-refractivity contribution >= 4 is 11.9 Å². The van der Waals surface area contributed by atoms with Crippen LogP contribution < -0.4 is 0 Å². The van der Waals surface area contributed by atoms with Crippen LogP contribution in [0.1, 0.15) is 40.0 Å². The molecule has 6 nitrogen and oxygen atoms in total. The Labute approximate surface area is 138 Å². The van der Waals surface area contributed by atoms with Crippen molar-refractivity contribution in [3.8, 4) is 0 Å². The molecular formula is C17H30N2O4. The van der Waals surface area contributed by atoms with Gasteiger partial charge in [0.15, 0.2) is 0 Å². The average Bonchev–Trinajstić information content (AvgIpc) is 2.42. The zero-order valence-corrected chi connectivity index (χ0v) is 14.6. The van der Waals surface area contributed by atoms with E-state index in [-0.39, 0.29) is 24.5 Å². The molecule has 0 spiro atoms. The summed E-state index contributed by atoms with van der Waals surface area (Å²) in [5.41, 5.74) is -0.508. The highest BCUT2D eigenvalue weighted by Crippen LogP contribution is 2.27. The van der Waals surface area contributed by atoms with Gasteiger partial charge >= 0.3 is 6.09 Å². The van der Waals surface area contributed by atoms with Crippen LogP contribution in [0, 0.1) is 11.8 Å². The van der Waals surface area contributed by atoms with Gasteiger partial charge in [-0.05, 0) is 46.6 Å². The molecule has 0 aromatic heterocycles. The normalized spacial score (nSPS) is 25.6. The molecule has 2 bridgehead atoms. The van der Waals surface area contributed by atoms with Crippen molar-refractivity contribution in [3.05, 3.63) is 0 Å². The Morgan fingerprint density at radius 2 is 1.74 bits per heavy atom. The maximum atomic E-state index is 12.3. The number of Topliss-reactive ketones (excluding diaryl/α,β-unsaturated/α-hetero) is 1. The molecule has 0 aromatic rings. The largest absolute Gasteiger partial charge is 0.444 e. The highest BCUT2D eigenvalue weighted by Gasteiger charge is 2.43. The highest BCUT2D eigenvalue weighted by molar-refractivity contribution is 5.87. The summed E-state index contributed by atoms with van der Waals surface area (Å²) in [5.74, 6) is 0.122. The lowest BCUT2D eigenvalue weighted by molar-refractivity contribution is -0.136. The average molecular weight is 326 g/mol. The van der Waals surface area contributed by atoms with E-state index in [1.807, 2.05) is 20.8 Å². The SMILES string of the molecule is CC(C)(C)OC(=O)N1CC2CN(CCCCCO)CC(C1)C2=O. The van der Waals surface area contributed by atoms with E-state index in [0.29, 0.717) is 18.9 Å². The van der Waals surface area contributed by atoms with Crippen LogP contribution >= 0.6 is 0 Å². The van der Waals surface area contributed by atoms with Gasteiger partial charge in [0, 0.05) is 44.6 Å². The van der Waals surface area contributed by atoms with Gasteiger partial charge in [-0.2, -0.15) is 0 Å². The fraction of sp³-hybridized carbons (Fsp3) is 0.882. The summed E-state index contributed by atoms with van der Waals surface area (Å²) >= 11 is 0. The lowest BCUT2D eigenvalue weighted by atomic mass is 9.83. The summed E-state index contributed by atoms with van der Waals surface area (Å²) in [6.45, 7) is 9.18. The van der Waals surface area contributed by atoms with Gasteiger partial charge in [-0.3, -0.25) is 4.79 Å². The van der Waals surface area contributed by atoms with Crippen molar-refractivity contribution in [1.29, 1.82) is 0 Å². The number of carbonyl (C=O) groups is 2. The predicted molar refractivity (Wildman–Crippen MR) is 87.2 cm³/mol. The second-order valence-corrected chi connectivity index (χ2v) is 7.73. The van der Waals surface area contributed by atoms with Crippen molar-refractivity contribution < 1.29 is 19.4 Å². The molecule has 2 unspecified atom stereocenters. The van der Waals surface area contributed by atoms with Gasteiger partial charge in [0.2, 0.25) is 0 Å². The van der Waals surface area contributed by atoms with Gasteiger partial charge in [-0.1, -0.05) is 0 Å². The monoisotopic (exact) mass is 326 g/mol. The van der Waals surface area contributed by atoms with E-state index in [1.165, 1.54) is 0 Å². The minimum Gasteiger partial charge on any atom is -0.444 e. The third-order valence-corrected chi connectivity index (χ3v) is 4.43.